The van der Waals surface area contributed by atoms with E-state index in [2.05, 4.69) is 26.6 Å². The van der Waals surface area contributed by atoms with Crippen LogP contribution in [0.5, 0.6) is 0 Å². The summed E-state index contributed by atoms with van der Waals surface area (Å²) in [6.07, 6.45) is 10.8. The molecule has 8 heteroatoms. The van der Waals surface area contributed by atoms with Gasteiger partial charge in [-0.3, -0.25) is 14.7 Å². The first-order chi connectivity index (χ1) is 18.3. The zero-order valence-corrected chi connectivity index (χ0v) is 24.0. The summed E-state index contributed by atoms with van der Waals surface area (Å²) in [6.45, 7) is 12.6. The van der Waals surface area contributed by atoms with Crippen molar-refractivity contribution in [3.8, 4) is 0 Å². The fourth-order valence-electron chi connectivity index (χ4n) is 7.37. The molecule has 210 valence electrons. The van der Waals surface area contributed by atoms with E-state index in [1.807, 2.05) is 31.9 Å². The molecular formula is C30H47N5O3. The lowest BCUT2D eigenvalue weighted by molar-refractivity contribution is 0.00783. The molecule has 1 aromatic rings. The van der Waals surface area contributed by atoms with Gasteiger partial charge in [0.25, 0.3) is 5.91 Å². The monoisotopic (exact) mass is 525 g/mol. The molecule has 0 spiro atoms. The third-order valence-corrected chi connectivity index (χ3v) is 10.1. The Bertz CT molecular complexity index is 971. The summed E-state index contributed by atoms with van der Waals surface area (Å²) in [6, 6.07) is 2.54. The highest BCUT2D eigenvalue weighted by molar-refractivity contribution is 5.96. The van der Waals surface area contributed by atoms with Crippen LogP contribution in [0, 0.1) is 19.8 Å². The molecule has 0 bridgehead atoms. The number of pyridine rings is 1. The molecule has 4 heterocycles. The Morgan fingerprint density at radius 3 is 2.32 bits per heavy atom. The molecule has 1 aromatic heterocycles. The average Bonchev–Trinajstić information content (AvgIpc) is 3.29. The van der Waals surface area contributed by atoms with Crippen LogP contribution >= 0.6 is 0 Å². The molecule has 0 radical (unpaired) electrons. The van der Waals surface area contributed by atoms with Crippen LogP contribution < -0.4 is 0 Å². The number of hydrogen-bond donors (Lipinski definition) is 0. The molecule has 8 nitrogen and oxygen atoms in total. The number of urea groups is 1. The quantitative estimate of drug-likeness (QED) is 0.559. The van der Waals surface area contributed by atoms with E-state index < -0.39 is 0 Å². The van der Waals surface area contributed by atoms with Gasteiger partial charge >= 0.3 is 6.03 Å². The third kappa shape index (κ3) is 5.57. The van der Waals surface area contributed by atoms with E-state index in [4.69, 9.17) is 4.74 Å². The van der Waals surface area contributed by atoms with Crippen molar-refractivity contribution in [1.82, 2.24) is 24.6 Å². The zero-order valence-electron chi connectivity index (χ0n) is 24.0. The number of aryl methyl sites for hydroxylation is 2. The normalized spacial score (nSPS) is 27.3. The lowest BCUT2D eigenvalue weighted by Crippen LogP contribution is -2.58. The summed E-state index contributed by atoms with van der Waals surface area (Å²) in [7, 11) is 1.81. The molecule has 4 fully saturated rings. The van der Waals surface area contributed by atoms with Crippen LogP contribution in [0.1, 0.15) is 79.9 Å². The minimum absolute atomic E-state index is 0.114. The number of amides is 3. The van der Waals surface area contributed by atoms with Crippen LogP contribution in [-0.4, -0.2) is 107 Å². The molecular weight excluding hydrogens is 478 g/mol. The van der Waals surface area contributed by atoms with Gasteiger partial charge in [0.15, 0.2) is 0 Å². The molecule has 3 aliphatic heterocycles. The first-order valence-electron chi connectivity index (χ1n) is 14.8. The maximum absolute atomic E-state index is 13.3. The van der Waals surface area contributed by atoms with Gasteiger partial charge in [-0.05, 0) is 89.7 Å². The number of carbonyl (C=O) groups excluding carboxylic acids is 2. The van der Waals surface area contributed by atoms with Crippen molar-refractivity contribution in [2.75, 3.05) is 52.9 Å². The number of piperidine rings is 2. The highest BCUT2D eigenvalue weighted by Gasteiger charge is 2.42. The Labute approximate surface area is 228 Å². The average molecular weight is 526 g/mol. The fourth-order valence-corrected chi connectivity index (χ4v) is 7.37. The standard InChI is InChI=1S/C30H47N5O3/c1-22-9-14-31-23(2)27(22)28(36)32-17-12-30(3,13-18-32)34-15-10-25(11-16-34)35-20-19-33(29(35)37)21-24-5-7-26(38-4)8-6-24/h9,14,24-26H,5-8,10-13,15-21H2,1-4H3. The van der Waals surface area contributed by atoms with E-state index in [1.54, 1.807) is 6.20 Å². The Hall–Kier alpha value is -2.19. The highest BCUT2D eigenvalue weighted by atomic mass is 16.5. The smallest absolute Gasteiger partial charge is 0.320 e. The first kappa shape index (κ1) is 27.4. The van der Waals surface area contributed by atoms with Crippen molar-refractivity contribution in [1.29, 1.82) is 0 Å². The largest absolute Gasteiger partial charge is 0.381 e. The lowest BCUT2D eigenvalue weighted by atomic mass is 9.85. The number of carbonyl (C=O) groups is 2. The molecule has 4 aliphatic rings. The van der Waals surface area contributed by atoms with E-state index in [1.165, 1.54) is 12.8 Å². The summed E-state index contributed by atoms with van der Waals surface area (Å²) >= 11 is 0. The van der Waals surface area contributed by atoms with Crippen molar-refractivity contribution in [3.05, 3.63) is 29.1 Å². The molecule has 38 heavy (non-hydrogen) atoms. The molecule has 0 N–H and O–H groups in total. The topological polar surface area (TPSA) is 69.2 Å². The van der Waals surface area contributed by atoms with Gasteiger partial charge in [-0.1, -0.05) is 0 Å². The maximum atomic E-state index is 13.3. The van der Waals surface area contributed by atoms with Crippen LogP contribution in [-0.2, 0) is 4.74 Å². The first-order valence-corrected chi connectivity index (χ1v) is 14.8. The Morgan fingerprint density at radius 2 is 1.68 bits per heavy atom. The van der Waals surface area contributed by atoms with Crippen molar-refractivity contribution in [2.45, 2.75) is 89.8 Å². The van der Waals surface area contributed by atoms with Crippen molar-refractivity contribution >= 4 is 11.9 Å². The highest BCUT2D eigenvalue weighted by Crippen LogP contribution is 2.34. The maximum Gasteiger partial charge on any atom is 0.320 e. The van der Waals surface area contributed by atoms with Crippen LogP contribution in [0.2, 0.25) is 0 Å². The number of ether oxygens (including phenoxy) is 1. The molecule has 1 aliphatic carbocycles. The van der Waals surface area contributed by atoms with Crippen LogP contribution in [0.3, 0.4) is 0 Å². The number of likely N-dealkylation sites (tertiary alicyclic amines) is 2. The van der Waals surface area contributed by atoms with Gasteiger partial charge < -0.3 is 19.4 Å². The van der Waals surface area contributed by atoms with Crippen LogP contribution in [0.15, 0.2) is 12.3 Å². The van der Waals surface area contributed by atoms with E-state index in [0.29, 0.717) is 18.1 Å². The predicted octanol–water partition coefficient (Wildman–Crippen LogP) is 4.10. The number of hydrogen-bond acceptors (Lipinski definition) is 5. The van der Waals surface area contributed by atoms with Gasteiger partial charge in [-0.15, -0.1) is 0 Å². The second kappa shape index (κ2) is 11.5. The predicted molar refractivity (Wildman–Crippen MR) is 148 cm³/mol. The molecule has 5 rings (SSSR count). The second-order valence-corrected chi connectivity index (χ2v) is 12.4. The Balaban J connectivity index is 1.09. The van der Waals surface area contributed by atoms with Gasteiger partial charge in [0.2, 0.25) is 0 Å². The Morgan fingerprint density at radius 1 is 1.00 bits per heavy atom. The summed E-state index contributed by atoms with van der Waals surface area (Å²) in [4.78, 5) is 39.8. The summed E-state index contributed by atoms with van der Waals surface area (Å²) in [5, 5.41) is 0. The van der Waals surface area contributed by atoms with Crippen LogP contribution in [0.4, 0.5) is 4.79 Å². The summed E-state index contributed by atoms with van der Waals surface area (Å²) < 4.78 is 5.52. The zero-order chi connectivity index (χ0) is 26.9. The number of nitrogens with zero attached hydrogens (tertiary/aromatic N) is 5. The van der Waals surface area contributed by atoms with E-state index in [-0.39, 0.29) is 17.5 Å². The number of methoxy groups -OCH3 is 1. The van der Waals surface area contributed by atoms with Gasteiger partial charge in [-0.2, -0.15) is 0 Å². The lowest BCUT2D eigenvalue weighted by Gasteiger charge is -2.50. The Kier molecular flexibility index (Phi) is 8.29. The molecule has 1 saturated carbocycles. The van der Waals surface area contributed by atoms with Gasteiger partial charge in [0.1, 0.15) is 0 Å². The number of aromatic nitrogens is 1. The second-order valence-electron chi connectivity index (χ2n) is 12.4. The molecule has 0 unspecified atom stereocenters. The SMILES string of the molecule is COC1CCC(CN2CCN(C3CCN(C4(C)CCN(C(=O)c5c(C)ccnc5C)CC4)CC3)C2=O)CC1. The molecule has 0 atom stereocenters. The van der Waals surface area contributed by atoms with Gasteiger partial charge in [-0.25, -0.2) is 4.79 Å². The number of rotatable bonds is 6. The third-order valence-electron chi connectivity index (χ3n) is 10.1. The molecule has 3 amide bonds. The van der Waals surface area contributed by atoms with E-state index in [0.717, 1.165) is 101 Å². The minimum Gasteiger partial charge on any atom is -0.381 e. The van der Waals surface area contributed by atoms with Crippen molar-refractivity contribution in [2.24, 2.45) is 5.92 Å². The fraction of sp³-hybridized carbons (Fsp3) is 0.767. The van der Waals surface area contributed by atoms with Crippen molar-refractivity contribution in [3.63, 3.8) is 0 Å². The van der Waals surface area contributed by atoms with Crippen LogP contribution in [0.25, 0.3) is 0 Å². The minimum atomic E-state index is 0.114. The van der Waals surface area contributed by atoms with E-state index >= 15 is 0 Å². The van der Waals surface area contributed by atoms with Gasteiger partial charge in [0.05, 0.1) is 17.4 Å². The summed E-state index contributed by atoms with van der Waals surface area (Å²) in [5.74, 6) is 0.744. The molecule has 3 saturated heterocycles. The van der Waals surface area contributed by atoms with Gasteiger partial charge in [0, 0.05) is 70.7 Å². The molecule has 0 aromatic carbocycles. The van der Waals surface area contributed by atoms with E-state index in [9.17, 15) is 9.59 Å². The van der Waals surface area contributed by atoms with Crippen molar-refractivity contribution < 1.29 is 14.3 Å². The summed E-state index contributed by atoms with van der Waals surface area (Å²) in [5.41, 5.74) is 2.71.